The molecule has 0 spiro atoms. The molecule has 0 aromatic heterocycles. The second kappa shape index (κ2) is 13.7. The van der Waals surface area contributed by atoms with Crippen molar-refractivity contribution in [1.82, 2.24) is 10.0 Å². The Kier molecular flexibility index (Phi) is 10.6. The van der Waals surface area contributed by atoms with E-state index in [0.717, 1.165) is 30.6 Å². The van der Waals surface area contributed by atoms with E-state index in [1.165, 1.54) is 33.2 Å². The lowest BCUT2D eigenvalue weighted by Gasteiger charge is -2.36. The van der Waals surface area contributed by atoms with E-state index in [2.05, 4.69) is 75.3 Å². The van der Waals surface area contributed by atoms with E-state index in [9.17, 15) is 17.8 Å². The number of hydrogen-bond acceptors (Lipinski definition) is 4. The second-order valence-electron chi connectivity index (χ2n) is 10.3. The van der Waals surface area contributed by atoms with Gasteiger partial charge in [-0.05, 0) is 44.2 Å². The first kappa shape index (κ1) is 31.0. The number of rotatable bonds is 9. The molecule has 0 bridgehead atoms. The van der Waals surface area contributed by atoms with Crippen LogP contribution in [0.3, 0.4) is 0 Å². The quantitative estimate of drug-likeness (QED) is 0.178. The van der Waals surface area contributed by atoms with Crippen molar-refractivity contribution in [3.63, 3.8) is 0 Å². The smallest absolute Gasteiger partial charge is 0.270 e. The van der Waals surface area contributed by atoms with E-state index in [4.69, 9.17) is 0 Å². The fraction of sp³-hybridized carbons (Fsp3) is 0.303. The first-order valence-corrected chi connectivity index (χ1v) is 15.3. The van der Waals surface area contributed by atoms with Crippen LogP contribution in [0.4, 0.5) is 5.69 Å². The van der Waals surface area contributed by atoms with Crippen LogP contribution in [-0.4, -0.2) is 31.2 Å². The van der Waals surface area contributed by atoms with E-state index in [1.807, 2.05) is 43.3 Å². The molecule has 0 fully saturated rings. The molecule has 1 atom stereocenters. The maximum absolute atomic E-state index is 13.4. The van der Waals surface area contributed by atoms with E-state index in [0.29, 0.717) is 17.4 Å². The molecule has 3 aromatic rings. The normalized spacial score (nSPS) is 16.5. The van der Waals surface area contributed by atoms with Gasteiger partial charge in [0.1, 0.15) is 6.54 Å². The van der Waals surface area contributed by atoms with Crippen molar-refractivity contribution >= 4 is 32.5 Å². The third-order valence-electron chi connectivity index (χ3n) is 7.17. The molecule has 4 rings (SSSR count). The largest absolute Gasteiger partial charge is 0.748 e. The van der Waals surface area contributed by atoms with Crippen LogP contribution in [-0.2, 0) is 27.8 Å². The van der Waals surface area contributed by atoms with Crippen molar-refractivity contribution in [2.24, 2.45) is 0 Å². The van der Waals surface area contributed by atoms with Gasteiger partial charge in [0.25, 0.3) is 5.91 Å². The van der Waals surface area contributed by atoms with Crippen molar-refractivity contribution in [2.45, 2.75) is 53.4 Å². The minimum Gasteiger partial charge on any atom is -0.748 e. The standard InChI is InChI=1S/C29H30N2O.C4H10O3S/c1-5-11-27(22(4)21(2)3)31(30-28(32)20-23-12-7-6-8-13-23)19-18-25-17-16-24-14-9-10-15-26(24)29(25)31;1-2-3-4-8(5,6)7/h5-17H,1,18-20H2,2-4H3;2-4H2,1H3,(H,5,6,7). The summed E-state index contributed by atoms with van der Waals surface area (Å²) >= 11 is 0. The summed E-state index contributed by atoms with van der Waals surface area (Å²) in [5.74, 6) is -0.211. The number of hydrogen-bond donors (Lipinski definition) is 1. The van der Waals surface area contributed by atoms with E-state index < -0.39 is 10.1 Å². The van der Waals surface area contributed by atoms with E-state index >= 15 is 0 Å². The van der Waals surface area contributed by atoms with Gasteiger partial charge in [0.15, 0.2) is 11.4 Å². The zero-order chi connectivity index (χ0) is 29.3. The highest BCUT2D eigenvalue weighted by Crippen LogP contribution is 2.44. The minimum absolute atomic E-state index is 0.00787. The van der Waals surface area contributed by atoms with Gasteiger partial charge in [-0.25, -0.2) is 8.42 Å². The van der Waals surface area contributed by atoms with Crippen LogP contribution >= 0.6 is 0 Å². The van der Waals surface area contributed by atoms with Gasteiger partial charge >= 0.3 is 0 Å². The Morgan fingerprint density at radius 3 is 2.30 bits per heavy atom. The molecule has 6 nitrogen and oxygen atoms in total. The Balaban J connectivity index is 0.000000482. The Labute approximate surface area is 239 Å². The molecule has 1 aliphatic rings. The van der Waals surface area contributed by atoms with Gasteiger partial charge < -0.3 is 4.55 Å². The molecule has 212 valence electrons. The van der Waals surface area contributed by atoms with Crippen molar-refractivity contribution in [1.29, 1.82) is 0 Å². The Bertz CT molecular complexity index is 1520. The Morgan fingerprint density at radius 1 is 1.02 bits per heavy atom. The Hall–Kier alpha value is -3.52. The molecule has 3 aromatic carbocycles. The van der Waals surface area contributed by atoms with E-state index in [1.54, 1.807) is 0 Å². The number of benzene rings is 3. The highest BCUT2D eigenvalue weighted by molar-refractivity contribution is 7.85. The third kappa shape index (κ3) is 7.56. The molecule has 1 aliphatic heterocycles. The lowest BCUT2D eigenvalue weighted by molar-refractivity contribution is -0.123. The predicted molar refractivity (Wildman–Crippen MR) is 164 cm³/mol. The monoisotopic (exact) mass is 560 g/mol. The maximum Gasteiger partial charge on any atom is 0.270 e. The summed E-state index contributed by atoms with van der Waals surface area (Å²) in [5, 5.41) is 2.36. The van der Waals surface area contributed by atoms with Gasteiger partial charge in [0.2, 0.25) is 0 Å². The number of nitrogens with one attached hydrogen (secondary N) is 1. The molecule has 7 heteroatoms. The summed E-state index contributed by atoms with van der Waals surface area (Å²) in [6, 6.07) is 22.8. The molecular formula is C33H40N2O4S. The highest BCUT2D eigenvalue weighted by Gasteiger charge is 2.46. The van der Waals surface area contributed by atoms with Gasteiger partial charge in [-0.15, -0.1) is 0 Å². The number of carbonyl (C=O) groups is 1. The summed E-state index contributed by atoms with van der Waals surface area (Å²) in [4.78, 5) is 13.4. The zero-order valence-corrected chi connectivity index (χ0v) is 24.8. The van der Waals surface area contributed by atoms with Crippen LogP contribution < -0.4 is 10.0 Å². The fourth-order valence-electron chi connectivity index (χ4n) is 5.03. The minimum atomic E-state index is -3.94. The van der Waals surface area contributed by atoms with E-state index in [-0.39, 0.29) is 11.7 Å². The fourth-order valence-corrected chi connectivity index (χ4v) is 5.67. The maximum atomic E-state index is 13.4. The molecular weight excluding hydrogens is 520 g/mol. The summed E-state index contributed by atoms with van der Waals surface area (Å²) in [7, 11) is -3.94. The van der Waals surface area contributed by atoms with Gasteiger partial charge in [-0.3, -0.25) is 4.79 Å². The lowest BCUT2D eigenvalue weighted by atomic mass is 10.0. The van der Waals surface area contributed by atoms with Gasteiger partial charge in [0, 0.05) is 34.8 Å². The number of quaternary nitrogens is 1. The number of nitrogens with zero attached hydrogens (tertiary/aromatic N) is 1. The molecule has 0 radical (unpaired) electrons. The van der Waals surface area contributed by atoms with Gasteiger partial charge in [-0.1, -0.05) is 92.2 Å². The molecule has 0 saturated carbocycles. The number of fused-ring (bicyclic) bond motifs is 3. The topological polar surface area (TPSA) is 86.3 Å². The average Bonchev–Trinajstić information content (AvgIpc) is 3.30. The second-order valence-corrected chi connectivity index (χ2v) is 11.8. The average molecular weight is 561 g/mol. The van der Waals surface area contributed by atoms with Crippen LogP contribution in [0.2, 0.25) is 0 Å². The first-order valence-electron chi connectivity index (χ1n) is 13.7. The Morgan fingerprint density at radius 2 is 1.70 bits per heavy atom. The van der Waals surface area contributed by atoms with Crippen LogP contribution in [0.5, 0.6) is 0 Å². The number of allylic oxidation sites excluding steroid dienone is 4. The predicted octanol–water partition coefficient (Wildman–Crippen LogP) is 6.74. The van der Waals surface area contributed by atoms with Crippen molar-refractivity contribution in [3.05, 3.63) is 113 Å². The lowest BCUT2D eigenvalue weighted by Crippen LogP contribution is -2.60. The van der Waals surface area contributed by atoms with Crippen molar-refractivity contribution in [3.8, 4) is 0 Å². The molecule has 1 amide bonds. The van der Waals surface area contributed by atoms with Gasteiger partial charge in [-0.2, -0.15) is 10.0 Å². The summed E-state index contributed by atoms with van der Waals surface area (Å²) in [6.45, 7) is 13.0. The van der Waals surface area contributed by atoms with Crippen LogP contribution in [0.15, 0.2) is 102 Å². The number of carbonyl (C=O) groups excluding carboxylic acids is 1. The summed E-state index contributed by atoms with van der Waals surface area (Å²) in [6.07, 6.45) is 6.36. The van der Waals surface area contributed by atoms with Crippen molar-refractivity contribution in [2.75, 3.05) is 12.3 Å². The molecule has 1 unspecified atom stereocenters. The molecule has 1 heterocycles. The molecule has 0 aliphatic carbocycles. The number of unbranched alkanes of at least 4 members (excludes halogenated alkanes) is 1. The molecule has 40 heavy (non-hydrogen) atoms. The van der Waals surface area contributed by atoms with Crippen LogP contribution in [0.1, 0.15) is 51.7 Å². The third-order valence-corrected chi connectivity index (χ3v) is 7.96. The summed E-state index contributed by atoms with van der Waals surface area (Å²) in [5.41, 5.74) is 10.4. The number of amides is 1. The summed E-state index contributed by atoms with van der Waals surface area (Å²) < 4.78 is 29.8. The van der Waals surface area contributed by atoms with Gasteiger partial charge in [0.05, 0.1) is 16.5 Å². The van der Waals surface area contributed by atoms with Crippen LogP contribution in [0.25, 0.3) is 10.8 Å². The zero-order valence-electron chi connectivity index (χ0n) is 23.9. The molecule has 1 N–H and O–H groups in total. The SMILES string of the molecule is C=CC=C(C(C)=C(C)C)[N+]1(NC(=O)Cc2ccccc2)CCc2ccc3ccccc3c21.CCCCS(=O)(=O)[O-]. The van der Waals surface area contributed by atoms with Crippen LogP contribution in [0, 0.1) is 0 Å². The van der Waals surface area contributed by atoms with Crippen molar-refractivity contribution < 1.29 is 17.8 Å². The first-order chi connectivity index (χ1) is 19.0. The molecule has 0 saturated heterocycles. The highest BCUT2D eigenvalue weighted by atomic mass is 32.2.